The van der Waals surface area contributed by atoms with E-state index in [1.54, 1.807) is 0 Å². The Balaban J connectivity index is 2.04. The van der Waals surface area contributed by atoms with E-state index in [1.165, 1.54) is 18.2 Å². The molecule has 2 nitrogen and oxygen atoms in total. The van der Waals surface area contributed by atoms with Gasteiger partial charge in [0.2, 0.25) is 0 Å². The summed E-state index contributed by atoms with van der Waals surface area (Å²) in [4.78, 5) is 0. The maximum absolute atomic E-state index is 13.1. The fourth-order valence-corrected chi connectivity index (χ4v) is 1.85. The highest BCUT2D eigenvalue weighted by molar-refractivity contribution is 6.31. The molecule has 2 rings (SSSR count). The van der Waals surface area contributed by atoms with E-state index in [4.69, 9.17) is 22.1 Å². The molecular weight excluding hydrogens is 265 g/mol. The van der Waals surface area contributed by atoms with Gasteiger partial charge in [0.1, 0.15) is 18.2 Å². The van der Waals surface area contributed by atoms with Crippen LogP contribution < -0.4 is 10.5 Å². The van der Waals surface area contributed by atoms with Gasteiger partial charge in [0.25, 0.3) is 0 Å². The SMILES string of the molecule is C[C@H](N)c1ccc(OCc2cc(F)ccc2Cl)cc1. The zero-order chi connectivity index (χ0) is 13.8. The van der Waals surface area contributed by atoms with Gasteiger partial charge in [0.15, 0.2) is 0 Å². The number of halogens is 2. The van der Waals surface area contributed by atoms with Crippen LogP contribution in [-0.2, 0) is 6.61 Å². The lowest BCUT2D eigenvalue weighted by Crippen LogP contribution is -2.04. The third-order valence-corrected chi connectivity index (χ3v) is 3.18. The van der Waals surface area contributed by atoms with Crippen molar-refractivity contribution in [2.75, 3.05) is 0 Å². The van der Waals surface area contributed by atoms with Crippen LogP contribution in [-0.4, -0.2) is 0 Å². The highest BCUT2D eigenvalue weighted by Gasteiger charge is 2.04. The molecule has 0 aromatic heterocycles. The van der Waals surface area contributed by atoms with Gasteiger partial charge in [-0.3, -0.25) is 0 Å². The predicted molar refractivity (Wildman–Crippen MR) is 74.8 cm³/mol. The summed E-state index contributed by atoms with van der Waals surface area (Å²) >= 11 is 5.97. The Morgan fingerprint density at radius 1 is 1.21 bits per heavy atom. The van der Waals surface area contributed by atoms with E-state index in [0.717, 1.165) is 5.56 Å². The van der Waals surface area contributed by atoms with Crippen molar-refractivity contribution < 1.29 is 9.13 Å². The Bertz CT molecular complexity index is 555. The lowest BCUT2D eigenvalue weighted by Gasteiger charge is -2.10. The van der Waals surface area contributed by atoms with Gasteiger partial charge in [0.05, 0.1) is 0 Å². The molecule has 0 fully saturated rings. The maximum atomic E-state index is 13.1. The van der Waals surface area contributed by atoms with Crippen molar-refractivity contribution in [3.8, 4) is 5.75 Å². The number of rotatable bonds is 4. The van der Waals surface area contributed by atoms with Gasteiger partial charge in [-0.05, 0) is 42.8 Å². The fourth-order valence-electron chi connectivity index (χ4n) is 1.68. The zero-order valence-corrected chi connectivity index (χ0v) is 11.3. The Labute approximate surface area is 117 Å². The summed E-state index contributed by atoms with van der Waals surface area (Å²) in [5, 5.41) is 0.494. The summed E-state index contributed by atoms with van der Waals surface area (Å²) in [6, 6.07) is 11.7. The molecule has 0 unspecified atom stereocenters. The molecule has 2 N–H and O–H groups in total. The second-order valence-electron chi connectivity index (χ2n) is 4.38. The summed E-state index contributed by atoms with van der Waals surface area (Å²) in [6.45, 7) is 2.15. The highest BCUT2D eigenvalue weighted by Crippen LogP contribution is 2.21. The van der Waals surface area contributed by atoms with Gasteiger partial charge in [-0.25, -0.2) is 4.39 Å². The number of ether oxygens (including phenoxy) is 1. The molecule has 4 heteroatoms. The van der Waals surface area contributed by atoms with E-state index in [-0.39, 0.29) is 18.5 Å². The minimum atomic E-state index is -0.324. The zero-order valence-electron chi connectivity index (χ0n) is 10.6. The number of hydrogen-bond acceptors (Lipinski definition) is 2. The molecule has 0 aliphatic carbocycles. The topological polar surface area (TPSA) is 35.2 Å². The van der Waals surface area contributed by atoms with E-state index >= 15 is 0 Å². The molecule has 1 atom stereocenters. The van der Waals surface area contributed by atoms with Crippen molar-refractivity contribution in [3.63, 3.8) is 0 Å². The quantitative estimate of drug-likeness (QED) is 0.915. The minimum absolute atomic E-state index is 0.00767. The molecule has 100 valence electrons. The van der Waals surface area contributed by atoms with Crippen molar-refractivity contribution in [3.05, 3.63) is 64.4 Å². The van der Waals surface area contributed by atoms with Gasteiger partial charge < -0.3 is 10.5 Å². The van der Waals surface area contributed by atoms with Crippen molar-refractivity contribution in [1.29, 1.82) is 0 Å². The number of nitrogens with two attached hydrogens (primary N) is 1. The second kappa shape index (κ2) is 6.04. The smallest absolute Gasteiger partial charge is 0.123 e. The van der Waals surface area contributed by atoms with E-state index in [1.807, 2.05) is 31.2 Å². The fraction of sp³-hybridized carbons (Fsp3) is 0.200. The molecule has 0 heterocycles. The Hall–Kier alpha value is -1.58. The summed E-state index contributed by atoms with van der Waals surface area (Å²) in [5.41, 5.74) is 7.43. The van der Waals surface area contributed by atoms with Crippen LogP contribution in [0.3, 0.4) is 0 Å². The molecule has 0 amide bonds. The number of hydrogen-bond donors (Lipinski definition) is 1. The van der Waals surface area contributed by atoms with Crippen LogP contribution in [0.5, 0.6) is 5.75 Å². The average Bonchev–Trinajstić information content (AvgIpc) is 2.40. The molecule has 0 saturated carbocycles. The average molecular weight is 280 g/mol. The predicted octanol–water partition coefficient (Wildman–Crippen LogP) is 4.08. The van der Waals surface area contributed by atoms with Crippen molar-refractivity contribution in [1.82, 2.24) is 0 Å². The first-order chi connectivity index (χ1) is 9.06. The Kier molecular flexibility index (Phi) is 4.40. The lowest BCUT2D eigenvalue weighted by atomic mass is 10.1. The van der Waals surface area contributed by atoms with Gasteiger partial charge in [-0.2, -0.15) is 0 Å². The molecule has 19 heavy (non-hydrogen) atoms. The summed E-state index contributed by atoms with van der Waals surface area (Å²) in [6.07, 6.45) is 0. The first-order valence-electron chi connectivity index (χ1n) is 5.98. The third kappa shape index (κ3) is 3.69. The molecule has 2 aromatic rings. The molecular formula is C15H15ClFNO. The van der Waals surface area contributed by atoms with Crippen LogP contribution in [0, 0.1) is 5.82 Å². The minimum Gasteiger partial charge on any atom is -0.489 e. The van der Waals surface area contributed by atoms with Crippen molar-refractivity contribution in [2.45, 2.75) is 19.6 Å². The first-order valence-corrected chi connectivity index (χ1v) is 6.36. The van der Waals surface area contributed by atoms with Crippen LogP contribution in [0.25, 0.3) is 0 Å². The molecule has 2 aromatic carbocycles. The van der Waals surface area contributed by atoms with Gasteiger partial charge in [-0.15, -0.1) is 0 Å². The maximum Gasteiger partial charge on any atom is 0.123 e. The van der Waals surface area contributed by atoms with E-state index in [2.05, 4.69) is 0 Å². The molecule has 0 bridgehead atoms. The first kappa shape index (κ1) is 13.8. The molecule has 0 radical (unpaired) electrons. The molecule has 0 spiro atoms. The van der Waals surface area contributed by atoms with Crippen molar-refractivity contribution in [2.24, 2.45) is 5.73 Å². The lowest BCUT2D eigenvalue weighted by molar-refractivity contribution is 0.305. The Morgan fingerprint density at radius 2 is 1.89 bits per heavy atom. The van der Waals surface area contributed by atoms with Gasteiger partial charge in [-0.1, -0.05) is 23.7 Å². The largest absolute Gasteiger partial charge is 0.489 e. The van der Waals surface area contributed by atoms with Gasteiger partial charge in [0, 0.05) is 16.6 Å². The number of benzene rings is 2. The second-order valence-corrected chi connectivity index (χ2v) is 4.79. The molecule has 0 saturated heterocycles. The Morgan fingerprint density at radius 3 is 2.53 bits per heavy atom. The molecule has 0 aliphatic rings. The summed E-state index contributed by atoms with van der Waals surface area (Å²) < 4.78 is 18.7. The van der Waals surface area contributed by atoms with Crippen LogP contribution in [0.2, 0.25) is 5.02 Å². The monoisotopic (exact) mass is 279 g/mol. The van der Waals surface area contributed by atoms with Crippen LogP contribution in [0.4, 0.5) is 4.39 Å². The van der Waals surface area contributed by atoms with Crippen LogP contribution >= 0.6 is 11.6 Å². The van der Waals surface area contributed by atoms with Crippen molar-refractivity contribution >= 4 is 11.6 Å². The summed E-state index contributed by atoms with van der Waals surface area (Å²) in [5.74, 6) is 0.375. The standard InChI is InChI=1S/C15H15ClFNO/c1-10(18)11-2-5-14(6-3-11)19-9-12-8-13(17)4-7-15(12)16/h2-8,10H,9,18H2,1H3/t10-/m0/s1. The van der Waals surface area contributed by atoms with Crippen LogP contribution in [0.15, 0.2) is 42.5 Å². The van der Waals surface area contributed by atoms with E-state index in [0.29, 0.717) is 16.3 Å². The summed E-state index contributed by atoms with van der Waals surface area (Å²) in [7, 11) is 0. The van der Waals surface area contributed by atoms with E-state index < -0.39 is 0 Å². The third-order valence-electron chi connectivity index (χ3n) is 2.81. The highest BCUT2D eigenvalue weighted by atomic mass is 35.5. The molecule has 0 aliphatic heterocycles. The normalized spacial score (nSPS) is 12.2. The van der Waals surface area contributed by atoms with Gasteiger partial charge >= 0.3 is 0 Å². The van der Waals surface area contributed by atoms with E-state index in [9.17, 15) is 4.39 Å². The van der Waals surface area contributed by atoms with Crippen LogP contribution in [0.1, 0.15) is 24.1 Å².